The summed E-state index contributed by atoms with van der Waals surface area (Å²) in [4.78, 5) is 29.0. The third-order valence-electron chi connectivity index (χ3n) is 5.37. The molecule has 156 valence electrons. The Bertz CT molecular complexity index is 631. The largest absolute Gasteiger partial charge is 0.348 e. The van der Waals surface area contributed by atoms with Crippen molar-refractivity contribution in [2.45, 2.75) is 46.6 Å². The van der Waals surface area contributed by atoms with Crippen LogP contribution in [-0.4, -0.2) is 60.9 Å². The smallest absolute Gasteiger partial charge is 0.313 e. The van der Waals surface area contributed by atoms with Crippen molar-refractivity contribution in [1.82, 2.24) is 15.1 Å². The topological polar surface area (TPSA) is 64.7 Å². The van der Waals surface area contributed by atoms with Crippen molar-refractivity contribution in [3.63, 3.8) is 0 Å². The van der Waals surface area contributed by atoms with Crippen molar-refractivity contribution in [2.24, 2.45) is 5.92 Å². The quantitative estimate of drug-likeness (QED) is 0.504. The van der Waals surface area contributed by atoms with Gasteiger partial charge in [0.05, 0.1) is 0 Å². The minimum Gasteiger partial charge on any atom is -0.348 e. The number of rotatable bonds is 9. The van der Waals surface area contributed by atoms with Crippen molar-refractivity contribution in [1.29, 1.82) is 0 Å². The first kappa shape index (κ1) is 22.4. The van der Waals surface area contributed by atoms with E-state index in [1.807, 2.05) is 24.3 Å². The Hall–Kier alpha value is -1.92. The maximum atomic E-state index is 12.2. The zero-order chi connectivity index (χ0) is 20.4. The van der Waals surface area contributed by atoms with Gasteiger partial charge in [-0.3, -0.25) is 14.5 Å². The van der Waals surface area contributed by atoms with E-state index in [1.54, 1.807) is 0 Å². The van der Waals surface area contributed by atoms with Gasteiger partial charge in [0.2, 0.25) is 0 Å². The minimum atomic E-state index is -0.605. The lowest BCUT2D eigenvalue weighted by Gasteiger charge is -2.30. The Morgan fingerprint density at radius 2 is 2.00 bits per heavy atom. The number of carbonyl (C=O) groups is 2. The van der Waals surface area contributed by atoms with Crippen LogP contribution in [0.1, 0.15) is 45.6 Å². The molecule has 1 aliphatic rings. The van der Waals surface area contributed by atoms with Crippen LogP contribution < -0.4 is 10.6 Å². The lowest BCUT2D eigenvalue weighted by molar-refractivity contribution is -0.136. The maximum Gasteiger partial charge on any atom is 0.313 e. The number of benzene rings is 1. The van der Waals surface area contributed by atoms with Crippen molar-refractivity contribution in [2.75, 3.05) is 44.6 Å². The highest BCUT2D eigenvalue weighted by atomic mass is 16.2. The van der Waals surface area contributed by atoms with Gasteiger partial charge in [0.1, 0.15) is 0 Å². The van der Waals surface area contributed by atoms with Crippen molar-refractivity contribution < 1.29 is 9.59 Å². The summed E-state index contributed by atoms with van der Waals surface area (Å²) in [5.41, 5.74) is 1.78. The fourth-order valence-corrected chi connectivity index (χ4v) is 3.72. The molecule has 1 unspecified atom stereocenters. The molecular formula is C22H36N4O2. The van der Waals surface area contributed by atoms with Gasteiger partial charge >= 0.3 is 11.8 Å². The predicted molar refractivity (Wildman–Crippen MR) is 114 cm³/mol. The lowest BCUT2D eigenvalue weighted by Crippen LogP contribution is -2.39. The second kappa shape index (κ2) is 11.8. The molecule has 2 rings (SSSR count). The molecule has 0 bridgehead atoms. The second-order valence-corrected chi connectivity index (χ2v) is 7.77. The monoisotopic (exact) mass is 388 g/mol. The molecule has 1 heterocycles. The summed E-state index contributed by atoms with van der Waals surface area (Å²) in [6.07, 6.45) is 3.43. The first-order chi connectivity index (χ1) is 13.5. The van der Waals surface area contributed by atoms with Gasteiger partial charge < -0.3 is 15.5 Å². The van der Waals surface area contributed by atoms with E-state index in [9.17, 15) is 9.59 Å². The van der Waals surface area contributed by atoms with Gasteiger partial charge in [0.15, 0.2) is 0 Å². The Balaban J connectivity index is 1.72. The summed E-state index contributed by atoms with van der Waals surface area (Å²) in [6.45, 7) is 13.1. The number of hydrogen-bond donors (Lipinski definition) is 2. The zero-order valence-electron chi connectivity index (χ0n) is 17.7. The van der Waals surface area contributed by atoms with Crippen LogP contribution in [0.25, 0.3) is 0 Å². The summed E-state index contributed by atoms with van der Waals surface area (Å²) in [6, 6.07) is 7.69. The molecule has 2 N–H and O–H groups in total. The van der Waals surface area contributed by atoms with E-state index < -0.39 is 11.8 Å². The molecule has 1 aliphatic heterocycles. The molecule has 0 spiro atoms. The molecule has 1 atom stereocenters. The Morgan fingerprint density at radius 1 is 1.21 bits per heavy atom. The molecule has 2 amide bonds. The number of nitrogens with one attached hydrogen (secondary N) is 2. The SMILES string of the molecule is CCN(CC)Cc1cccc(NC(=O)C(=O)NCCCN2CCCC(C)C2)c1. The molecule has 0 saturated carbocycles. The Morgan fingerprint density at radius 3 is 2.71 bits per heavy atom. The first-order valence-corrected chi connectivity index (χ1v) is 10.6. The third kappa shape index (κ3) is 7.60. The van der Waals surface area contributed by atoms with E-state index in [2.05, 4.69) is 41.2 Å². The average Bonchev–Trinajstić information content (AvgIpc) is 2.69. The molecule has 1 saturated heterocycles. The van der Waals surface area contributed by atoms with Crippen LogP contribution in [0.4, 0.5) is 5.69 Å². The summed E-state index contributed by atoms with van der Waals surface area (Å²) in [5.74, 6) is -0.417. The molecule has 1 aromatic rings. The Kier molecular flexibility index (Phi) is 9.44. The first-order valence-electron chi connectivity index (χ1n) is 10.6. The summed E-state index contributed by atoms with van der Waals surface area (Å²) in [7, 11) is 0. The second-order valence-electron chi connectivity index (χ2n) is 7.77. The lowest BCUT2D eigenvalue weighted by atomic mass is 10.0. The highest BCUT2D eigenvalue weighted by Gasteiger charge is 2.16. The van der Waals surface area contributed by atoms with Crippen molar-refractivity contribution >= 4 is 17.5 Å². The van der Waals surface area contributed by atoms with Gasteiger partial charge in [-0.25, -0.2) is 0 Å². The summed E-state index contributed by atoms with van der Waals surface area (Å²) in [5, 5.41) is 5.44. The minimum absolute atomic E-state index is 0.527. The average molecular weight is 389 g/mol. The summed E-state index contributed by atoms with van der Waals surface area (Å²) >= 11 is 0. The molecule has 0 aromatic heterocycles. The normalized spacial score (nSPS) is 17.5. The molecule has 0 radical (unpaired) electrons. The van der Waals surface area contributed by atoms with E-state index in [0.29, 0.717) is 12.2 Å². The molecule has 28 heavy (non-hydrogen) atoms. The molecule has 0 aliphatic carbocycles. The highest BCUT2D eigenvalue weighted by Crippen LogP contribution is 2.15. The number of nitrogens with zero attached hydrogens (tertiary/aromatic N) is 2. The van der Waals surface area contributed by atoms with Gasteiger partial charge in [-0.15, -0.1) is 0 Å². The van der Waals surface area contributed by atoms with Gasteiger partial charge in [-0.1, -0.05) is 32.9 Å². The number of amides is 2. The fourth-order valence-electron chi connectivity index (χ4n) is 3.72. The van der Waals surface area contributed by atoms with Crippen LogP contribution in [0.15, 0.2) is 24.3 Å². The van der Waals surface area contributed by atoms with Gasteiger partial charge in [-0.05, 0) is 69.1 Å². The van der Waals surface area contributed by atoms with E-state index in [0.717, 1.165) is 57.2 Å². The summed E-state index contributed by atoms with van der Waals surface area (Å²) < 4.78 is 0. The number of likely N-dealkylation sites (tertiary alicyclic amines) is 1. The third-order valence-corrected chi connectivity index (χ3v) is 5.37. The standard InChI is InChI=1S/C22H36N4O2/c1-4-25(5-2)17-19-10-6-11-20(15-19)24-22(28)21(27)23-12-8-14-26-13-7-9-18(3)16-26/h6,10-11,15,18H,4-5,7-9,12-14,16-17H2,1-3H3,(H,23,27)(H,24,28). The molecule has 1 aromatic carbocycles. The van der Waals surface area contributed by atoms with Crippen molar-refractivity contribution in [3.05, 3.63) is 29.8 Å². The van der Waals surface area contributed by atoms with Crippen LogP contribution in [0.5, 0.6) is 0 Å². The van der Waals surface area contributed by atoms with E-state index in [1.165, 1.54) is 12.8 Å². The van der Waals surface area contributed by atoms with E-state index >= 15 is 0 Å². The van der Waals surface area contributed by atoms with Gasteiger partial charge in [0, 0.05) is 25.3 Å². The van der Waals surface area contributed by atoms with Crippen LogP contribution >= 0.6 is 0 Å². The highest BCUT2D eigenvalue weighted by molar-refractivity contribution is 6.39. The molecule has 6 nitrogen and oxygen atoms in total. The Labute approximate surface area is 169 Å². The van der Waals surface area contributed by atoms with Crippen LogP contribution in [0.2, 0.25) is 0 Å². The van der Waals surface area contributed by atoms with E-state index in [4.69, 9.17) is 0 Å². The zero-order valence-corrected chi connectivity index (χ0v) is 17.7. The van der Waals surface area contributed by atoms with Crippen LogP contribution in [-0.2, 0) is 16.1 Å². The predicted octanol–water partition coefficient (Wildman–Crippen LogP) is 2.71. The van der Waals surface area contributed by atoms with Crippen molar-refractivity contribution in [3.8, 4) is 0 Å². The maximum absolute atomic E-state index is 12.2. The van der Waals surface area contributed by atoms with Gasteiger partial charge in [0.25, 0.3) is 0 Å². The van der Waals surface area contributed by atoms with Crippen LogP contribution in [0.3, 0.4) is 0 Å². The number of hydrogen-bond acceptors (Lipinski definition) is 4. The molecule has 6 heteroatoms. The number of carbonyl (C=O) groups excluding carboxylic acids is 2. The van der Waals surface area contributed by atoms with Crippen LogP contribution in [0, 0.1) is 5.92 Å². The number of piperidine rings is 1. The molecule has 1 fully saturated rings. The molecular weight excluding hydrogens is 352 g/mol. The number of anilines is 1. The van der Waals surface area contributed by atoms with E-state index in [-0.39, 0.29) is 0 Å². The van der Waals surface area contributed by atoms with Gasteiger partial charge in [-0.2, -0.15) is 0 Å². The fraction of sp³-hybridized carbons (Fsp3) is 0.636.